The molecule has 3 aromatic heterocycles. The van der Waals surface area contributed by atoms with Gasteiger partial charge in [-0.05, 0) is 25.5 Å². The number of hydrogen-bond acceptors (Lipinski definition) is 4. The summed E-state index contributed by atoms with van der Waals surface area (Å²) in [6.07, 6.45) is 2.46. The Hall–Kier alpha value is -2.70. The van der Waals surface area contributed by atoms with Crippen LogP contribution in [0, 0.1) is 6.92 Å². The Bertz CT molecular complexity index is 902. The number of pyridine rings is 1. The second-order valence-electron chi connectivity index (χ2n) is 4.88. The summed E-state index contributed by atoms with van der Waals surface area (Å²) in [6, 6.07) is 3.74. The minimum Gasteiger partial charge on any atom is -0.332 e. The van der Waals surface area contributed by atoms with E-state index in [4.69, 9.17) is 0 Å². The highest BCUT2D eigenvalue weighted by Gasteiger charge is 2.13. The molecule has 21 heavy (non-hydrogen) atoms. The molecule has 0 aliphatic rings. The van der Waals surface area contributed by atoms with Gasteiger partial charge in [0.2, 0.25) is 0 Å². The molecule has 3 aromatic rings. The van der Waals surface area contributed by atoms with E-state index in [1.54, 1.807) is 6.20 Å². The summed E-state index contributed by atoms with van der Waals surface area (Å²) in [6.45, 7) is 4.36. The van der Waals surface area contributed by atoms with Crippen molar-refractivity contribution in [3.05, 3.63) is 44.9 Å². The Morgan fingerprint density at radius 2 is 2.05 bits per heavy atom. The maximum atomic E-state index is 11.9. The average molecular weight is 285 g/mol. The zero-order valence-corrected chi connectivity index (χ0v) is 11.8. The predicted molar refractivity (Wildman–Crippen MR) is 79.2 cm³/mol. The lowest BCUT2D eigenvalue weighted by molar-refractivity contribution is 0.653. The van der Waals surface area contributed by atoms with Crippen molar-refractivity contribution < 1.29 is 0 Å². The third kappa shape index (κ3) is 2.26. The van der Waals surface area contributed by atoms with Crippen LogP contribution in [0.4, 0.5) is 0 Å². The maximum Gasteiger partial charge on any atom is 0.330 e. The molecule has 0 fully saturated rings. The van der Waals surface area contributed by atoms with Gasteiger partial charge >= 0.3 is 5.69 Å². The first kappa shape index (κ1) is 13.3. The third-order valence-electron chi connectivity index (χ3n) is 3.27. The number of nitrogens with one attached hydrogen (secondary N) is 2. The van der Waals surface area contributed by atoms with E-state index in [-0.39, 0.29) is 0 Å². The zero-order chi connectivity index (χ0) is 15.0. The van der Waals surface area contributed by atoms with Gasteiger partial charge in [0.1, 0.15) is 11.3 Å². The van der Waals surface area contributed by atoms with Crippen LogP contribution in [0.15, 0.2) is 27.9 Å². The summed E-state index contributed by atoms with van der Waals surface area (Å²) in [7, 11) is 0. The first-order valence-corrected chi connectivity index (χ1v) is 6.76. The zero-order valence-electron chi connectivity index (χ0n) is 11.8. The smallest absolute Gasteiger partial charge is 0.330 e. The first-order chi connectivity index (χ1) is 10.1. The van der Waals surface area contributed by atoms with Crippen LogP contribution in [0.1, 0.15) is 19.0 Å². The lowest BCUT2D eigenvalue weighted by Gasteiger charge is -2.02. The van der Waals surface area contributed by atoms with Gasteiger partial charge in [0, 0.05) is 24.0 Å². The van der Waals surface area contributed by atoms with Crippen molar-refractivity contribution in [2.75, 3.05) is 0 Å². The molecule has 0 saturated heterocycles. The summed E-state index contributed by atoms with van der Waals surface area (Å²) in [4.78, 5) is 37.7. The number of aromatic amines is 2. The Morgan fingerprint density at radius 3 is 2.71 bits per heavy atom. The van der Waals surface area contributed by atoms with Crippen molar-refractivity contribution in [1.82, 2.24) is 24.5 Å². The van der Waals surface area contributed by atoms with Gasteiger partial charge in [0.15, 0.2) is 5.65 Å². The van der Waals surface area contributed by atoms with Crippen LogP contribution in [0.2, 0.25) is 0 Å². The molecule has 0 aromatic carbocycles. The van der Waals surface area contributed by atoms with E-state index in [0.29, 0.717) is 23.5 Å². The van der Waals surface area contributed by atoms with E-state index in [9.17, 15) is 9.59 Å². The van der Waals surface area contributed by atoms with Crippen molar-refractivity contribution >= 4 is 11.2 Å². The van der Waals surface area contributed by atoms with Crippen LogP contribution in [0.25, 0.3) is 22.6 Å². The molecule has 0 amide bonds. The van der Waals surface area contributed by atoms with E-state index in [1.165, 1.54) is 4.57 Å². The molecule has 7 nitrogen and oxygen atoms in total. The Morgan fingerprint density at radius 1 is 1.24 bits per heavy atom. The topological polar surface area (TPSA) is 96.4 Å². The molecule has 2 N–H and O–H groups in total. The van der Waals surface area contributed by atoms with Gasteiger partial charge in [-0.15, -0.1) is 0 Å². The molecule has 0 saturated carbocycles. The number of rotatable bonds is 3. The van der Waals surface area contributed by atoms with Crippen LogP contribution in [0.3, 0.4) is 0 Å². The SMILES string of the molecule is CCCn1c(=O)[nH]c(=O)c2[nH]c(-c3ccc(C)nc3)nc21. The van der Waals surface area contributed by atoms with Gasteiger partial charge in [0.25, 0.3) is 5.56 Å². The number of fused-ring (bicyclic) bond motifs is 1. The average Bonchev–Trinajstić information content (AvgIpc) is 2.90. The van der Waals surface area contributed by atoms with E-state index in [2.05, 4.69) is 19.9 Å². The molecular formula is C14H15N5O2. The van der Waals surface area contributed by atoms with Gasteiger partial charge in [0.05, 0.1) is 0 Å². The Kier molecular flexibility index (Phi) is 3.17. The Labute approximate surface area is 119 Å². The van der Waals surface area contributed by atoms with Crippen molar-refractivity contribution in [3.8, 4) is 11.4 Å². The maximum absolute atomic E-state index is 11.9. The number of nitrogens with zero attached hydrogens (tertiary/aromatic N) is 3. The fourth-order valence-corrected chi connectivity index (χ4v) is 2.22. The fourth-order valence-electron chi connectivity index (χ4n) is 2.22. The minimum atomic E-state index is -0.457. The Balaban J connectivity index is 2.26. The number of aryl methyl sites for hydroxylation is 2. The van der Waals surface area contributed by atoms with Gasteiger partial charge in [-0.2, -0.15) is 0 Å². The van der Waals surface area contributed by atoms with Gasteiger partial charge in [-0.1, -0.05) is 6.92 Å². The number of hydrogen-bond donors (Lipinski definition) is 2. The summed E-state index contributed by atoms with van der Waals surface area (Å²) in [5.41, 5.74) is 1.46. The van der Waals surface area contributed by atoms with Crippen molar-refractivity contribution in [3.63, 3.8) is 0 Å². The molecule has 0 aliphatic carbocycles. The molecule has 0 unspecified atom stereocenters. The second-order valence-corrected chi connectivity index (χ2v) is 4.88. The molecule has 0 bridgehead atoms. The molecule has 0 atom stereocenters. The number of H-pyrrole nitrogens is 2. The van der Waals surface area contributed by atoms with E-state index >= 15 is 0 Å². The number of aromatic nitrogens is 5. The van der Waals surface area contributed by atoms with Crippen molar-refractivity contribution in [1.29, 1.82) is 0 Å². The number of imidazole rings is 1. The first-order valence-electron chi connectivity index (χ1n) is 6.76. The van der Waals surface area contributed by atoms with Crippen LogP contribution in [-0.4, -0.2) is 24.5 Å². The van der Waals surface area contributed by atoms with E-state index in [1.807, 2.05) is 26.0 Å². The molecule has 108 valence electrons. The summed E-state index contributed by atoms with van der Waals surface area (Å²) in [5, 5.41) is 0. The summed E-state index contributed by atoms with van der Waals surface area (Å²) < 4.78 is 1.47. The predicted octanol–water partition coefficient (Wildman–Crippen LogP) is 1.19. The van der Waals surface area contributed by atoms with Gasteiger partial charge < -0.3 is 4.98 Å². The molecule has 7 heteroatoms. The van der Waals surface area contributed by atoms with E-state index in [0.717, 1.165) is 17.7 Å². The normalized spacial score (nSPS) is 11.1. The highest BCUT2D eigenvalue weighted by atomic mass is 16.2. The third-order valence-corrected chi connectivity index (χ3v) is 3.27. The summed E-state index contributed by atoms with van der Waals surface area (Å²) in [5.74, 6) is 0.526. The lowest BCUT2D eigenvalue weighted by atomic mass is 10.2. The molecule has 3 rings (SSSR count). The summed E-state index contributed by atoms with van der Waals surface area (Å²) >= 11 is 0. The van der Waals surface area contributed by atoms with Crippen molar-refractivity contribution in [2.24, 2.45) is 0 Å². The van der Waals surface area contributed by atoms with Gasteiger partial charge in [-0.25, -0.2) is 9.78 Å². The molecular weight excluding hydrogens is 270 g/mol. The van der Waals surface area contributed by atoms with Crippen LogP contribution in [-0.2, 0) is 6.54 Å². The highest BCUT2D eigenvalue weighted by molar-refractivity contribution is 5.75. The van der Waals surface area contributed by atoms with Crippen LogP contribution in [0.5, 0.6) is 0 Å². The lowest BCUT2D eigenvalue weighted by Crippen LogP contribution is -2.30. The second kappa shape index (κ2) is 5.01. The molecule has 3 heterocycles. The van der Waals surface area contributed by atoms with Gasteiger partial charge in [-0.3, -0.25) is 19.3 Å². The molecule has 0 aliphatic heterocycles. The van der Waals surface area contributed by atoms with Crippen molar-refractivity contribution in [2.45, 2.75) is 26.8 Å². The standard InChI is InChI=1S/C14H15N5O2/c1-3-6-19-12-10(13(20)18-14(19)21)16-11(17-12)9-5-4-8(2)15-7-9/h4-5,7H,3,6H2,1-2H3,(H,16,17)(H,18,20,21). The minimum absolute atomic E-state index is 0.304. The monoisotopic (exact) mass is 285 g/mol. The van der Waals surface area contributed by atoms with E-state index < -0.39 is 11.2 Å². The fraction of sp³-hybridized carbons (Fsp3) is 0.286. The van der Waals surface area contributed by atoms with Crippen LogP contribution < -0.4 is 11.2 Å². The molecule has 0 radical (unpaired) electrons. The quantitative estimate of drug-likeness (QED) is 0.755. The molecule has 0 spiro atoms. The largest absolute Gasteiger partial charge is 0.332 e. The highest BCUT2D eigenvalue weighted by Crippen LogP contribution is 2.17. The van der Waals surface area contributed by atoms with Crippen LogP contribution >= 0.6 is 0 Å².